The summed E-state index contributed by atoms with van der Waals surface area (Å²) in [4.78, 5) is 11.0. The van der Waals surface area contributed by atoms with Crippen molar-refractivity contribution in [2.45, 2.75) is 0 Å². The monoisotopic (exact) mass is 231 g/mol. The second-order valence-electron chi connectivity index (χ2n) is 2.62. The highest BCUT2D eigenvalue weighted by atomic mass is 35.5. The molecule has 0 bridgehead atoms. The number of hydrogen-bond donors (Lipinski definition) is 1. The second kappa shape index (κ2) is 4.98. The molecule has 0 aliphatic heterocycles. The topological polar surface area (TPSA) is 46.1 Å². The van der Waals surface area contributed by atoms with Crippen LogP contribution in [0.1, 0.15) is 5.56 Å². The van der Waals surface area contributed by atoms with E-state index in [-0.39, 0.29) is 11.8 Å². The fraction of sp³-hybridized carbons (Fsp3) is 0.111. The molecule has 14 heavy (non-hydrogen) atoms. The molecule has 3 nitrogen and oxygen atoms in total. The van der Waals surface area contributed by atoms with Crippen LogP contribution in [0.25, 0.3) is 0 Å². The summed E-state index contributed by atoms with van der Waals surface area (Å²) < 4.78 is 0.955. The van der Waals surface area contributed by atoms with Gasteiger partial charge in [0.25, 0.3) is 0 Å². The van der Waals surface area contributed by atoms with Gasteiger partial charge < -0.3 is 0 Å². The Morgan fingerprint density at radius 1 is 1.43 bits per heavy atom. The Hall–Kier alpha value is -1.06. The molecule has 2 N–H and O–H groups in total. The van der Waals surface area contributed by atoms with Gasteiger partial charge in [0.05, 0.1) is 0 Å². The first kappa shape index (κ1) is 11.0. The Morgan fingerprint density at radius 2 is 2.00 bits per heavy atom. The predicted octanol–water partition coefficient (Wildman–Crippen LogP) is 1.41. The van der Waals surface area contributed by atoms with E-state index in [4.69, 9.17) is 29.0 Å². The maximum Gasteiger partial charge on any atom is 0.429 e. The van der Waals surface area contributed by atoms with Crippen molar-refractivity contribution in [1.82, 2.24) is 0 Å². The van der Waals surface area contributed by atoms with Gasteiger partial charge in [-0.05, 0) is 24.3 Å². The molecule has 5 heteroatoms. The smallest absolute Gasteiger partial charge is 0.215 e. The molecule has 0 aliphatic rings. The number of hydrazone groups is 1. The Bertz CT molecular complexity index is 360. The minimum absolute atomic E-state index is 0.138. The summed E-state index contributed by atoms with van der Waals surface area (Å²) in [6.07, 6.45) is 1.49. The number of carbonyl (C=O) groups is 1. The fourth-order valence-electron chi connectivity index (χ4n) is 0.850. The highest BCUT2D eigenvalue weighted by Gasteiger charge is 2.11. The van der Waals surface area contributed by atoms with E-state index in [0.717, 1.165) is 10.2 Å². The van der Waals surface area contributed by atoms with Crippen LogP contribution in [-0.4, -0.2) is 22.7 Å². The summed E-state index contributed by atoms with van der Waals surface area (Å²) in [6, 6.07) is 6.94. The third-order valence-electron chi connectivity index (χ3n) is 1.56. The molecule has 0 radical (unpaired) electrons. The van der Waals surface area contributed by atoms with E-state index in [1.54, 1.807) is 24.3 Å². The van der Waals surface area contributed by atoms with Crippen LogP contribution in [0.4, 0.5) is 0 Å². The second-order valence-corrected chi connectivity index (χ2v) is 3.32. The van der Waals surface area contributed by atoms with E-state index in [9.17, 15) is 4.79 Å². The standard InChI is InChI=1S/C9H9Cl2N2O/c10-5-9(14)13(12)6-7-1-3-8(11)4-2-7/h1-4,6H,5,12H2/q+1. The van der Waals surface area contributed by atoms with Gasteiger partial charge in [-0.15, -0.1) is 11.6 Å². The van der Waals surface area contributed by atoms with Crippen molar-refractivity contribution in [1.29, 1.82) is 0 Å². The number of nitrogens with two attached hydrogens (primary N) is 1. The summed E-state index contributed by atoms with van der Waals surface area (Å²) in [5.41, 5.74) is 0.787. The third kappa shape index (κ3) is 3.01. The highest BCUT2D eigenvalue weighted by Crippen LogP contribution is 2.07. The van der Waals surface area contributed by atoms with Crippen molar-refractivity contribution in [3.63, 3.8) is 0 Å². The van der Waals surface area contributed by atoms with Crippen LogP contribution in [-0.2, 0) is 4.79 Å². The van der Waals surface area contributed by atoms with E-state index in [1.807, 2.05) is 0 Å². The number of benzene rings is 1. The van der Waals surface area contributed by atoms with Crippen LogP contribution < -0.4 is 5.84 Å². The Labute approximate surface area is 91.7 Å². The van der Waals surface area contributed by atoms with Crippen molar-refractivity contribution in [3.8, 4) is 0 Å². The Balaban J connectivity index is 2.86. The lowest BCUT2D eigenvalue weighted by atomic mass is 10.2. The van der Waals surface area contributed by atoms with Crippen molar-refractivity contribution in [3.05, 3.63) is 34.9 Å². The average molecular weight is 232 g/mol. The Morgan fingerprint density at radius 3 is 2.50 bits per heavy atom. The summed E-state index contributed by atoms with van der Waals surface area (Å²) in [6.45, 7) is 0. The minimum Gasteiger partial charge on any atom is -0.215 e. The lowest BCUT2D eigenvalue weighted by Crippen LogP contribution is -2.29. The maximum atomic E-state index is 11.0. The van der Waals surface area contributed by atoms with Gasteiger partial charge in [0, 0.05) is 10.6 Å². The SMILES string of the molecule is N[N+](=Cc1ccc(Cl)cc1)C(=O)CCl. The van der Waals surface area contributed by atoms with Crippen molar-refractivity contribution < 1.29 is 9.48 Å². The summed E-state index contributed by atoms with van der Waals surface area (Å²) in [5.74, 6) is 4.91. The molecule has 0 aliphatic carbocycles. The maximum absolute atomic E-state index is 11.0. The fourth-order valence-corrected chi connectivity index (χ4v) is 1.11. The zero-order valence-corrected chi connectivity index (χ0v) is 8.79. The van der Waals surface area contributed by atoms with E-state index in [2.05, 4.69) is 0 Å². The van der Waals surface area contributed by atoms with Crippen molar-refractivity contribution in [2.24, 2.45) is 5.84 Å². The average Bonchev–Trinajstić information content (AvgIpc) is 2.20. The van der Waals surface area contributed by atoms with Crippen LogP contribution >= 0.6 is 23.2 Å². The van der Waals surface area contributed by atoms with Crippen LogP contribution in [0.3, 0.4) is 0 Å². The number of rotatable bonds is 2. The van der Waals surface area contributed by atoms with Gasteiger partial charge in [0.1, 0.15) is 0 Å². The number of nitrogens with zero attached hydrogens (tertiary/aromatic N) is 1. The molecule has 1 amide bonds. The zero-order chi connectivity index (χ0) is 10.6. The molecule has 0 aromatic heterocycles. The number of hydrazine groups is 1. The molecule has 0 unspecified atom stereocenters. The summed E-state index contributed by atoms with van der Waals surface area (Å²) in [7, 11) is 0. The van der Waals surface area contributed by atoms with E-state index >= 15 is 0 Å². The van der Waals surface area contributed by atoms with Gasteiger partial charge in [-0.1, -0.05) is 16.3 Å². The van der Waals surface area contributed by atoms with Gasteiger partial charge in [0.2, 0.25) is 6.21 Å². The molecule has 0 saturated carbocycles. The van der Waals surface area contributed by atoms with Crippen LogP contribution in [0.2, 0.25) is 5.02 Å². The van der Waals surface area contributed by atoms with E-state index in [1.165, 1.54) is 6.21 Å². The molecule has 74 valence electrons. The molecule has 0 heterocycles. The predicted molar refractivity (Wildman–Crippen MR) is 56.8 cm³/mol. The first-order chi connectivity index (χ1) is 6.63. The first-order valence-corrected chi connectivity index (χ1v) is 4.78. The number of alkyl halides is 1. The molecule has 1 aromatic rings. The van der Waals surface area contributed by atoms with E-state index in [0.29, 0.717) is 5.02 Å². The quantitative estimate of drug-likeness (QED) is 0.209. The van der Waals surface area contributed by atoms with Crippen molar-refractivity contribution in [2.75, 3.05) is 5.88 Å². The van der Waals surface area contributed by atoms with Crippen LogP contribution in [0.15, 0.2) is 24.3 Å². The lowest BCUT2D eigenvalue weighted by Gasteiger charge is -1.92. The number of halogens is 2. The van der Waals surface area contributed by atoms with Crippen LogP contribution in [0.5, 0.6) is 0 Å². The first-order valence-electron chi connectivity index (χ1n) is 3.86. The largest absolute Gasteiger partial charge is 0.429 e. The molecule has 0 spiro atoms. The Kier molecular flexibility index (Phi) is 3.92. The number of hydrogen-bond acceptors (Lipinski definition) is 2. The van der Waals surface area contributed by atoms with Crippen molar-refractivity contribution >= 4 is 35.3 Å². The molecular formula is C9H9Cl2N2O+. The number of amides is 1. The third-order valence-corrected chi connectivity index (χ3v) is 2.04. The van der Waals surface area contributed by atoms with Gasteiger partial charge in [0.15, 0.2) is 5.88 Å². The molecule has 0 atom stereocenters. The molecule has 1 rings (SSSR count). The molecular weight excluding hydrogens is 223 g/mol. The zero-order valence-electron chi connectivity index (χ0n) is 7.28. The molecule has 0 fully saturated rings. The van der Waals surface area contributed by atoms with Gasteiger partial charge >= 0.3 is 5.91 Å². The summed E-state index contributed by atoms with van der Waals surface area (Å²) in [5, 5.41) is 0.634. The van der Waals surface area contributed by atoms with Crippen LogP contribution in [0, 0.1) is 0 Å². The van der Waals surface area contributed by atoms with Gasteiger partial charge in [-0.3, -0.25) is 0 Å². The molecule has 0 saturated heterocycles. The van der Waals surface area contributed by atoms with E-state index < -0.39 is 0 Å². The summed E-state index contributed by atoms with van der Waals surface area (Å²) >= 11 is 11.0. The molecule has 1 aromatic carbocycles. The van der Waals surface area contributed by atoms with Gasteiger partial charge in [-0.25, -0.2) is 10.6 Å². The normalized spacial score (nSPS) is 11.4. The highest BCUT2D eigenvalue weighted by molar-refractivity contribution is 6.30. The van der Waals surface area contributed by atoms with Gasteiger partial charge in [-0.2, -0.15) is 0 Å². The minimum atomic E-state index is -0.360. The lowest BCUT2D eigenvalue weighted by molar-refractivity contribution is -0.452. The number of carbonyl (C=O) groups excluding carboxylic acids is 1.